The van der Waals surface area contributed by atoms with Crippen molar-refractivity contribution in [2.24, 2.45) is 0 Å². The van der Waals surface area contributed by atoms with E-state index in [4.69, 9.17) is 10.00 Å². The van der Waals surface area contributed by atoms with E-state index in [1.165, 1.54) is 6.07 Å². The van der Waals surface area contributed by atoms with Crippen molar-refractivity contribution >= 4 is 15.8 Å². The number of nitriles is 1. The third-order valence-electron chi connectivity index (χ3n) is 2.19. The quantitative estimate of drug-likeness (QED) is 0.707. The van der Waals surface area contributed by atoms with Gasteiger partial charge in [0.25, 0.3) is 0 Å². The topological polar surface area (TPSA) is 93.5 Å². The van der Waals surface area contributed by atoms with Gasteiger partial charge in [-0.15, -0.1) is 0 Å². The van der Waals surface area contributed by atoms with Gasteiger partial charge in [-0.25, -0.2) is 8.42 Å². The van der Waals surface area contributed by atoms with Crippen molar-refractivity contribution < 1.29 is 22.7 Å². The van der Waals surface area contributed by atoms with Gasteiger partial charge < -0.3 is 9.47 Å². The molecule has 19 heavy (non-hydrogen) atoms. The van der Waals surface area contributed by atoms with Crippen LogP contribution in [0.3, 0.4) is 0 Å². The molecule has 102 valence electrons. The summed E-state index contributed by atoms with van der Waals surface area (Å²) in [4.78, 5) is 10.9. The number of sulfone groups is 1. The van der Waals surface area contributed by atoms with Crippen LogP contribution < -0.4 is 4.74 Å². The van der Waals surface area contributed by atoms with E-state index in [0.717, 1.165) is 7.11 Å². The molecule has 0 bridgehead atoms. The molecule has 0 atom stereocenters. The molecule has 0 unspecified atom stereocenters. The van der Waals surface area contributed by atoms with Gasteiger partial charge in [0.15, 0.2) is 9.84 Å². The Bertz CT molecular complexity index is 588. The molecule has 0 aliphatic heterocycles. The fraction of sp³-hybridized carbons (Fsp3) is 0.333. The van der Waals surface area contributed by atoms with Crippen LogP contribution in [0.5, 0.6) is 5.75 Å². The summed E-state index contributed by atoms with van der Waals surface area (Å²) in [7, 11) is -2.42. The molecule has 0 saturated carbocycles. The van der Waals surface area contributed by atoms with Crippen LogP contribution in [-0.2, 0) is 19.4 Å². The molecule has 0 spiro atoms. The number of benzene rings is 1. The van der Waals surface area contributed by atoms with Gasteiger partial charge in [-0.2, -0.15) is 5.26 Å². The van der Waals surface area contributed by atoms with Crippen LogP contribution in [0.25, 0.3) is 0 Å². The normalized spacial score (nSPS) is 10.5. The van der Waals surface area contributed by atoms with Crippen molar-refractivity contribution in [2.45, 2.75) is 0 Å². The Kier molecular flexibility index (Phi) is 5.33. The predicted octanol–water partition coefficient (Wildman–Crippen LogP) is 0.525. The number of methoxy groups -OCH3 is 1. The zero-order valence-corrected chi connectivity index (χ0v) is 11.1. The molecule has 7 heteroatoms. The summed E-state index contributed by atoms with van der Waals surface area (Å²) < 4.78 is 32.5. The van der Waals surface area contributed by atoms with Gasteiger partial charge >= 0.3 is 5.97 Å². The second-order valence-electron chi connectivity index (χ2n) is 3.66. The summed E-state index contributed by atoms with van der Waals surface area (Å²) >= 11 is 0. The molecule has 0 saturated heterocycles. The zero-order valence-electron chi connectivity index (χ0n) is 10.3. The fourth-order valence-electron chi connectivity index (χ4n) is 1.25. The first kappa shape index (κ1) is 15.0. The van der Waals surface area contributed by atoms with Gasteiger partial charge in [-0.3, -0.25) is 4.79 Å². The first-order valence-electron chi connectivity index (χ1n) is 5.37. The zero-order chi connectivity index (χ0) is 14.3. The minimum absolute atomic E-state index is 0.0891. The third-order valence-corrected chi connectivity index (χ3v) is 3.66. The number of hydrogen-bond donors (Lipinski definition) is 0. The van der Waals surface area contributed by atoms with E-state index >= 15 is 0 Å². The van der Waals surface area contributed by atoms with Crippen LogP contribution in [0, 0.1) is 11.3 Å². The number of esters is 1. The molecule has 0 aliphatic rings. The Labute approximate surface area is 111 Å². The number of carbonyl (C=O) groups is 1. The van der Waals surface area contributed by atoms with Crippen molar-refractivity contribution in [1.29, 1.82) is 5.26 Å². The summed E-state index contributed by atoms with van der Waals surface area (Å²) in [5.41, 5.74) is 0.426. The van der Waals surface area contributed by atoms with E-state index < -0.39 is 21.6 Å². The van der Waals surface area contributed by atoms with Crippen molar-refractivity contribution in [3.05, 3.63) is 29.8 Å². The first-order valence-corrected chi connectivity index (χ1v) is 7.19. The van der Waals surface area contributed by atoms with E-state index in [2.05, 4.69) is 4.74 Å². The maximum Gasteiger partial charge on any atom is 0.320 e. The van der Waals surface area contributed by atoms with Gasteiger partial charge in [-0.1, -0.05) is 6.07 Å². The highest BCUT2D eigenvalue weighted by Gasteiger charge is 2.17. The SMILES string of the molecule is COC(=O)CS(=O)(=O)CCOc1cccc(C#N)c1. The van der Waals surface area contributed by atoms with E-state index in [1.807, 2.05) is 6.07 Å². The summed E-state index contributed by atoms with van der Waals surface area (Å²) in [6.07, 6.45) is 0. The standard InChI is InChI=1S/C12H13NO5S/c1-17-12(14)9-19(15,16)6-5-18-11-4-2-3-10(7-11)8-13/h2-4,7H,5-6,9H2,1H3. The molecule has 1 rings (SSSR count). The van der Waals surface area contributed by atoms with Crippen LogP contribution in [-0.4, -0.2) is 39.6 Å². The molecule has 0 N–H and O–H groups in total. The van der Waals surface area contributed by atoms with Crippen molar-refractivity contribution in [3.63, 3.8) is 0 Å². The molecule has 0 amide bonds. The largest absolute Gasteiger partial charge is 0.492 e. The van der Waals surface area contributed by atoms with Gasteiger partial charge in [0, 0.05) is 0 Å². The molecule has 0 aliphatic carbocycles. The lowest BCUT2D eigenvalue weighted by molar-refractivity contribution is -0.137. The fourth-order valence-corrected chi connectivity index (χ4v) is 2.21. The maximum absolute atomic E-state index is 11.5. The van der Waals surface area contributed by atoms with E-state index in [1.54, 1.807) is 18.2 Å². The second-order valence-corrected chi connectivity index (χ2v) is 5.84. The first-order chi connectivity index (χ1) is 8.96. The van der Waals surface area contributed by atoms with Gasteiger partial charge in [0.05, 0.1) is 24.5 Å². The van der Waals surface area contributed by atoms with Crippen LogP contribution in [0.4, 0.5) is 0 Å². The lowest BCUT2D eigenvalue weighted by Crippen LogP contribution is -2.23. The molecule has 6 nitrogen and oxygen atoms in total. The number of nitrogens with zero attached hydrogens (tertiary/aromatic N) is 1. The molecular weight excluding hydrogens is 270 g/mol. The Balaban J connectivity index is 2.50. The maximum atomic E-state index is 11.5. The third kappa shape index (κ3) is 5.40. The lowest BCUT2D eigenvalue weighted by atomic mass is 10.2. The number of carbonyl (C=O) groups excluding carboxylic acids is 1. The Morgan fingerprint density at radius 3 is 2.79 bits per heavy atom. The van der Waals surface area contributed by atoms with Gasteiger partial charge in [-0.05, 0) is 18.2 Å². The minimum Gasteiger partial charge on any atom is -0.492 e. The van der Waals surface area contributed by atoms with Crippen LogP contribution in [0.2, 0.25) is 0 Å². The van der Waals surface area contributed by atoms with E-state index in [0.29, 0.717) is 11.3 Å². The monoisotopic (exact) mass is 283 g/mol. The van der Waals surface area contributed by atoms with Crippen LogP contribution in [0.1, 0.15) is 5.56 Å². The highest BCUT2D eigenvalue weighted by atomic mass is 32.2. The predicted molar refractivity (Wildman–Crippen MR) is 67.3 cm³/mol. The average molecular weight is 283 g/mol. The molecule has 1 aromatic rings. The van der Waals surface area contributed by atoms with Crippen molar-refractivity contribution in [3.8, 4) is 11.8 Å². The highest BCUT2D eigenvalue weighted by Crippen LogP contribution is 2.12. The van der Waals surface area contributed by atoms with Crippen LogP contribution in [0.15, 0.2) is 24.3 Å². The molecule has 0 radical (unpaired) electrons. The Morgan fingerprint density at radius 2 is 2.16 bits per heavy atom. The number of ether oxygens (including phenoxy) is 2. The number of rotatable bonds is 6. The Morgan fingerprint density at radius 1 is 1.42 bits per heavy atom. The summed E-state index contributed by atoms with van der Waals surface area (Å²) in [5.74, 6) is -1.34. The van der Waals surface area contributed by atoms with Crippen molar-refractivity contribution in [1.82, 2.24) is 0 Å². The average Bonchev–Trinajstić information content (AvgIpc) is 2.38. The van der Waals surface area contributed by atoms with E-state index in [9.17, 15) is 13.2 Å². The Hall–Kier alpha value is -2.07. The molecular formula is C12H13NO5S. The molecule has 1 aromatic carbocycles. The highest BCUT2D eigenvalue weighted by molar-refractivity contribution is 7.92. The summed E-state index contributed by atoms with van der Waals surface area (Å²) in [6.45, 7) is -0.0891. The summed E-state index contributed by atoms with van der Waals surface area (Å²) in [5, 5.41) is 8.69. The van der Waals surface area contributed by atoms with Gasteiger partial charge in [0.2, 0.25) is 0 Å². The number of hydrogen-bond acceptors (Lipinski definition) is 6. The molecule has 0 fully saturated rings. The van der Waals surface area contributed by atoms with Crippen molar-refractivity contribution in [2.75, 3.05) is 25.2 Å². The van der Waals surface area contributed by atoms with Gasteiger partial charge in [0.1, 0.15) is 18.1 Å². The summed E-state index contributed by atoms with van der Waals surface area (Å²) in [6, 6.07) is 8.32. The smallest absolute Gasteiger partial charge is 0.320 e. The second kappa shape index (κ2) is 6.75. The molecule has 0 heterocycles. The van der Waals surface area contributed by atoms with E-state index in [-0.39, 0.29) is 12.4 Å². The lowest BCUT2D eigenvalue weighted by Gasteiger charge is -2.06. The van der Waals surface area contributed by atoms with Crippen LogP contribution >= 0.6 is 0 Å². The molecule has 0 aromatic heterocycles. The minimum atomic E-state index is -3.54.